The number of imide groups is 1. The minimum atomic E-state index is -0.363. The van der Waals surface area contributed by atoms with Gasteiger partial charge in [-0.05, 0) is 40.5 Å². The topological polar surface area (TPSA) is 49.4 Å². The number of rotatable bonds is 3. The highest BCUT2D eigenvalue weighted by atomic mass is 35.5. The molecule has 0 unspecified atom stereocenters. The van der Waals surface area contributed by atoms with E-state index in [2.05, 4.69) is 29.6 Å². The fourth-order valence-electron chi connectivity index (χ4n) is 5.67. The van der Waals surface area contributed by atoms with Gasteiger partial charge in [0.1, 0.15) is 0 Å². The second-order valence-corrected chi connectivity index (χ2v) is 9.15. The highest BCUT2D eigenvalue weighted by Crippen LogP contribution is 2.60. The van der Waals surface area contributed by atoms with Crippen molar-refractivity contribution in [1.82, 2.24) is 4.90 Å². The molecule has 1 N–H and O–H groups in total. The lowest BCUT2D eigenvalue weighted by atomic mass is 9.55. The normalized spacial score (nSPS) is 25.3. The zero-order chi connectivity index (χ0) is 21.3. The Labute approximate surface area is 189 Å². The van der Waals surface area contributed by atoms with E-state index in [0.29, 0.717) is 15.7 Å². The molecular formula is C25H18Cl2N2O2. The van der Waals surface area contributed by atoms with Crippen LogP contribution in [0.2, 0.25) is 10.0 Å². The molecule has 1 aliphatic heterocycles. The summed E-state index contributed by atoms with van der Waals surface area (Å²) in [6.07, 6.45) is 0. The summed E-state index contributed by atoms with van der Waals surface area (Å²) >= 11 is 12.1. The van der Waals surface area contributed by atoms with E-state index < -0.39 is 0 Å². The average molecular weight is 449 g/mol. The Bertz CT molecular complexity index is 1140. The van der Waals surface area contributed by atoms with Gasteiger partial charge < -0.3 is 5.32 Å². The molecule has 3 aromatic carbocycles. The maximum atomic E-state index is 13.5. The molecule has 3 aliphatic carbocycles. The van der Waals surface area contributed by atoms with Gasteiger partial charge in [-0.25, -0.2) is 0 Å². The van der Waals surface area contributed by atoms with Gasteiger partial charge in [0.25, 0.3) is 0 Å². The number of nitrogens with zero attached hydrogens (tertiary/aromatic N) is 1. The summed E-state index contributed by atoms with van der Waals surface area (Å²) in [6.45, 7) is 0.106. The van der Waals surface area contributed by atoms with Crippen LogP contribution in [0.1, 0.15) is 34.1 Å². The van der Waals surface area contributed by atoms with Gasteiger partial charge in [-0.1, -0.05) is 71.7 Å². The van der Waals surface area contributed by atoms with E-state index in [4.69, 9.17) is 23.2 Å². The first kappa shape index (κ1) is 18.9. The monoisotopic (exact) mass is 448 g/mol. The van der Waals surface area contributed by atoms with Gasteiger partial charge in [-0.3, -0.25) is 14.5 Å². The maximum absolute atomic E-state index is 13.5. The van der Waals surface area contributed by atoms with Gasteiger partial charge in [0.05, 0.1) is 28.5 Å². The number of carbonyl (C=O) groups excluding carboxylic acids is 2. The number of halogens is 2. The predicted molar refractivity (Wildman–Crippen MR) is 120 cm³/mol. The summed E-state index contributed by atoms with van der Waals surface area (Å²) in [5.74, 6) is -1.12. The van der Waals surface area contributed by atoms with E-state index in [1.54, 1.807) is 18.2 Å². The van der Waals surface area contributed by atoms with Gasteiger partial charge in [-0.15, -0.1) is 0 Å². The number of hydrogen-bond acceptors (Lipinski definition) is 3. The van der Waals surface area contributed by atoms with Crippen LogP contribution in [-0.2, 0) is 9.59 Å². The Kier molecular flexibility index (Phi) is 4.17. The molecule has 0 saturated carbocycles. The van der Waals surface area contributed by atoms with Gasteiger partial charge in [0.2, 0.25) is 11.8 Å². The number of anilines is 1. The van der Waals surface area contributed by atoms with Crippen LogP contribution in [0.5, 0.6) is 0 Å². The third kappa shape index (κ3) is 2.61. The first-order chi connectivity index (χ1) is 15.1. The van der Waals surface area contributed by atoms with Gasteiger partial charge >= 0.3 is 0 Å². The van der Waals surface area contributed by atoms with Crippen molar-refractivity contribution < 1.29 is 9.59 Å². The van der Waals surface area contributed by atoms with Crippen molar-refractivity contribution in [2.24, 2.45) is 11.8 Å². The third-order valence-corrected chi connectivity index (χ3v) is 7.64. The molecule has 0 aromatic heterocycles. The van der Waals surface area contributed by atoms with Crippen molar-refractivity contribution in [1.29, 1.82) is 0 Å². The Balaban J connectivity index is 1.38. The van der Waals surface area contributed by atoms with E-state index in [-0.39, 0.29) is 42.2 Å². The molecule has 3 aromatic rings. The molecule has 4 aliphatic rings. The SMILES string of the molecule is O=C1[C@H]2C3c4ccccc4C(c4ccccc43)[C@@H]2C(=O)N1CNc1ccc(Cl)c(Cl)c1. The number of likely N-dealkylation sites (tertiary alicyclic amines) is 1. The van der Waals surface area contributed by atoms with Gasteiger partial charge in [0.15, 0.2) is 0 Å². The van der Waals surface area contributed by atoms with Crippen molar-refractivity contribution >= 4 is 40.7 Å². The zero-order valence-electron chi connectivity index (χ0n) is 16.4. The Morgan fingerprint density at radius 3 is 1.65 bits per heavy atom. The van der Waals surface area contributed by atoms with Crippen LogP contribution in [0, 0.1) is 11.8 Å². The lowest BCUT2D eigenvalue weighted by Gasteiger charge is -2.45. The standard InChI is InChI=1S/C25H18Cl2N2O2/c26-18-10-9-13(11-19(18)27)28-12-29-24(30)22-20-14-5-1-2-6-15(14)21(23(22)25(29)31)17-8-4-3-7-16(17)20/h1-11,20-23,28H,12H2/t20?,21?,22-,23-/m0/s1. The van der Waals surface area contributed by atoms with Crippen molar-refractivity contribution in [3.05, 3.63) is 99.0 Å². The second kappa shape index (κ2) is 6.84. The minimum Gasteiger partial charge on any atom is -0.367 e. The van der Waals surface area contributed by atoms with Gasteiger partial charge in [0, 0.05) is 17.5 Å². The fraction of sp³-hybridized carbons (Fsp3) is 0.200. The lowest BCUT2D eigenvalue weighted by Crippen LogP contribution is -2.41. The van der Waals surface area contributed by atoms with Crippen LogP contribution in [0.25, 0.3) is 0 Å². The molecule has 7 rings (SSSR count). The highest BCUT2D eigenvalue weighted by molar-refractivity contribution is 6.42. The van der Waals surface area contributed by atoms with E-state index in [0.717, 1.165) is 0 Å². The van der Waals surface area contributed by atoms with Crippen LogP contribution < -0.4 is 5.32 Å². The first-order valence-electron chi connectivity index (χ1n) is 10.3. The van der Waals surface area contributed by atoms with Crippen molar-refractivity contribution in [3.8, 4) is 0 Å². The van der Waals surface area contributed by atoms with Crippen LogP contribution in [0.15, 0.2) is 66.7 Å². The number of benzene rings is 3. The minimum absolute atomic E-state index is 0.0890. The molecule has 1 fully saturated rings. The van der Waals surface area contributed by atoms with Crippen molar-refractivity contribution in [2.75, 3.05) is 12.0 Å². The molecule has 2 atom stereocenters. The largest absolute Gasteiger partial charge is 0.367 e. The molecule has 1 saturated heterocycles. The Morgan fingerprint density at radius 1 is 0.710 bits per heavy atom. The van der Waals surface area contributed by atoms with Gasteiger partial charge in [-0.2, -0.15) is 0 Å². The fourth-order valence-corrected chi connectivity index (χ4v) is 5.97. The molecule has 2 amide bonds. The van der Waals surface area contributed by atoms with Crippen molar-refractivity contribution in [3.63, 3.8) is 0 Å². The quantitative estimate of drug-likeness (QED) is 0.556. The smallest absolute Gasteiger partial charge is 0.235 e. The maximum Gasteiger partial charge on any atom is 0.235 e. The number of nitrogens with one attached hydrogen (secondary N) is 1. The summed E-state index contributed by atoms with van der Waals surface area (Å²) in [7, 11) is 0. The molecule has 0 radical (unpaired) electrons. The summed E-state index contributed by atoms with van der Waals surface area (Å²) in [5, 5.41) is 4.04. The van der Waals surface area contributed by atoms with E-state index in [1.807, 2.05) is 24.3 Å². The van der Waals surface area contributed by atoms with E-state index in [1.165, 1.54) is 27.2 Å². The lowest BCUT2D eigenvalue weighted by molar-refractivity contribution is -0.139. The van der Waals surface area contributed by atoms with E-state index >= 15 is 0 Å². The molecule has 2 bridgehead atoms. The number of hydrogen-bond donors (Lipinski definition) is 1. The second-order valence-electron chi connectivity index (χ2n) is 8.33. The summed E-state index contributed by atoms with van der Waals surface area (Å²) in [6, 6.07) is 21.6. The Hall–Kier alpha value is -2.82. The predicted octanol–water partition coefficient (Wildman–Crippen LogP) is 5.26. The van der Waals surface area contributed by atoms with E-state index in [9.17, 15) is 9.59 Å². The summed E-state index contributed by atoms with van der Waals surface area (Å²) < 4.78 is 0. The van der Waals surface area contributed by atoms with Crippen molar-refractivity contribution in [2.45, 2.75) is 11.8 Å². The molecule has 31 heavy (non-hydrogen) atoms. The zero-order valence-corrected chi connectivity index (χ0v) is 17.9. The van der Waals surface area contributed by atoms with Crippen LogP contribution in [-0.4, -0.2) is 23.4 Å². The molecule has 6 heteroatoms. The van der Waals surface area contributed by atoms with Crippen LogP contribution in [0.3, 0.4) is 0 Å². The highest BCUT2D eigenvalue weighted by Gasteiger charge is 2.61. The van der Waals surface area contributed by atoms with Crippen LogP contribution in [0.4, 0.5) is 5.69 Å². The average Bonchev–Trinajstić information content (AvgIpc) is 3.05. The summed E-state index contributed by atoms with van der Waals surface area (Å²) in [4.78, 5) is 28.4. The molecular weight excluding hydrogens is 431 g/mol. The molecule has 154 valence electrons. The Morgan fingerprint density at radius 2 is 1.19 bits per heavy atom. The number of amides is 2. The molecule has 0 spiro atoms. The van der Waals surface area contributed by atoms with Crippen LogP contribution >= 0.6 is 23.2 Å². The first-order valence-corrected chi connectivity index (χ1v) is 11.0. The molecule has 4 nitrogen and oxygen atoms in total. The summed E-state index contributed by atoms with van der Waals surface area (Å²) in [5.41, 5.74) is 5.40. The molecule has 1 heterocycles. The third-order valence-electron chi connectivity index (χ3n) is 6.90. The number of carbonyl (C=O) groups is 2.